The van der Waals surface area contributed by atoms with E-state index in [-0.39, 0.29) is 33.8 Å². The Hall–Kier alpha value is -1.48. The van der Waals surface area contributed by atoms with Gasteiger partial charge in [0, 0.05) is 12.8 Å². The molecule has 1 aromatic rings. The topological polar surface area (TPSA) is 105 Å². The Balaban J connectivity index is 2.08. The molecule has 2 rings (SSSR count). The Bertz CT molecular complexity index is 856. The first-order chi connectivity index (χ1) is 12.3. The van der Waals surface area contributed by atoms with Crippen molar-refractivity contribution >= 4 is 28.3 Å². The molecule has 0 aromatic carbocycles. The van der Waals surface area contributed by atoms with Crippen molar-refractivity contribution in [3.05, 3.63) is 20.7 Å². The summed E-state index contributed by atoms with van der Waals surface area (Å²) in [5, 5.41) is 10.4. The lowest BCUT2D eigenvalue weighted by Crippen LogP contribution is -2.19. The zero-order valence-electron chi connectivity index (χ0n) is 15.1. The van der Waals surface area contributed by atoms with Crippen LogP contribution < -0.4 is 5.56 Å². The molecule has 0 saturated carbocycles. The summed E-state index contributed by atoms with van der Waals surface area (Å²) in [6.45, 7) is 2.69. The fourth-order valence-corrected chi connectivity index (χ4v) is 4.93. The number of aromatic amines is 1. The van der Waals surface area contributed by atoms with Crippen LogP contribution in [-0.2, 0) is 16.4 Å². The van der Waals surface area contributed by atoms with Crippen molar-refractivity contribution in [1.29, 1.82) is 0 Å². The first-order valence-corrected chi connectivity index (χ1v) is 11.4. The van der Waals surface area contributed by atoms with E-state index in [2.05, 4.69) is 16.9 Å². The number of nitrogens with zero attached hydrogens (tertiary/aromatic N) is 2. The number of sulfone groups is 1. The van der Waals surface area contributed by atoms with Gasteiger partial charge in [-0.05, 0) is 25.1 Å². The van der Waals surface area contributed by atoms with Gasteiger partial charge < -0.3 is 5.11 Å². The molecule has 1 saturated heterocycles. The Morgan fingerprint density at radius 3 is 2.65 bits per heavy atom. The molecule has 0 bridgehead atoms. The number of nitrogens with one attached hydrogen (secondary N) is 1. The lowest BCUT2D eigenvalue weighted by Gasteiger charge is -2.11. The minimum Gasteiger partial charge on any atom is -0.494 e. The van der Waals surface area contributed by atoms with E-state index in [4.69, 9.17) is 12.2 Å². The Labute approximate surface area is 159 Å². The zero-order valence-corrected chi connectivity index (χ0v) is 16.7. The largest absolute Gasteiger partial charge is 0.494 e. The van der Waals surface area contributed by atoms with Crippen LogP contribution in [0.25, 0.3) is 0 Å². The van der Waals surface area contributed by atoms with Crippen LogP contribution in [0.15, 0.2) is 9.79 Å². The molecule has 2 N–H and O–H groups in total. The minimum absolute atomic E-state index is 0.0148. The van der Waals surface area contributed by atoms with Crippen molar-refractivity contribution in [2.24, 2.45) is 4.99 Å². The molecule has 26 heavy (non-hydrogen) atoms. The molecule has 0 aliphatic carbocycles. The number of unbranched alkanes of at least 4 members (excludes halogenated alkanes) is 5. The molecule has 1 aliphatic heterocycles. The molecule has 146 valence electrons. The minimum atomic E-state index is -3.04. The van der Waals surface area contributed by atoms with Gasteiger partial charge in [-0.15, -0.1) is 0 Å². The predicted molar refractivity (Wildman–Crippen MR) is 106 cm³/mol. The standard InChI is InChI=1S/C17H27N3O4S2/c1-2-3-4-5-6-7-9-20-16(22)14(15(21)19-17(20)25)11-18-13-8-10-26(23,24)12-13/h11,13,22H,2-10,12H2,1H3,(H,19,21,25)/t13-/m0/s1. The van der Waals surface area contributed by atoms with Gasteiger partial charge in [0.25, 0.3) is 5.56 Å². The maximum Gasteiger partial charge on any atom is 0.264 e. The Morgan fingerprint density at radius 2 is 2.00 bits per heavy atom. The van der Waals surface area contributed by atoms with Crippen LogP contribution >= 0.6 is 12.2 Å². The highest BCUT2D eigenvalue weighted by Gasteiger charge is 2.27. The van der Waals surface area contributed by atoms with Gasteiger partial charge in [0.05, 0.1) is 17.5 Å². The zero-order chi connectivity index (χ0) is 19.2. The maximum atomic E-state index is 12.1. The lowest BCUT2D eigenvalue weighted by atomic mass is 10.1. The average molecular weight is 402 g/mol. The van der Waals surface area contributed by atoms with Crippen molar-refractivity contribution in [1.82, 2.24) is 9.55 Å². The molecular weight excluding hydrogens is 374 g/mol. The number of hydrogen-bond acceptors (Lipinski definition) is 6. The first-order valence-electron chi connectivity index (χ1n) is 9.13. The lowest BCUT2D eigenvalue weighted by molar-refractivity contribution is 0.395. The van der Waals surface area contributed by atoms with E-state index in [1.54, 1.807) is 0 Å². The van der Waals surface area contributed by atoms with Gasteiger partial charge in [-0.2, -0.15) is 0 Å². The number of aliphatic imine (C=N–C) groups is 1. The molecule has 0 radical (unpaired) electrons. The average Bonchev–Trinajstić information content (AvgIpc) is 2.92. The number of hydrogen-bond donors (Lipinski definition) is 2. The quantitative estimate of drug-likeness (QED) is 0.376. The second-order valence-electron chi connectivity index (χ2n) is 6.75. The molecule has 1 aliphatic rings. The number of aromatic hydroxyl groups is 1. The van der Waals surface area contributed by atoms with Gasteiger partial charge in [0.2, 0.25) is 5.88 Å². The van der Waals surface area contributed by atoms with Crippen LogP contribution in [-0.4, -0.2) is 46.8 Å². The smallest absolute Gasteiger partial charge is 0.264 e. The number of aromatic nitrogens is 2. The second kappa shape index (κ2) is 9.45. The summed E-state index contributed by atoms with van der Waals surface area (Å²) in [7, 11) is -3.04. The summed E-state index contributed by atoms with van der Waals surface area (Å²) in [5.74, 6) is -0.114. The van der Waals surface area contributed by atoms with E-state index >= 15 is 0 Å². The van der Waals surface area contributed by atoms with E-state index < -0.39 is 15.4 Å². The van der Waals surface area contributed by atoms with Crippen LogP contribution in [0.5, 0.6) is 5.88 Å². The van der Waals surface area contributed by atoms with Crippen LogP contribution in [0.2, 0.25) is 0 Å². The monoisotopic (exact) mass is 401 g/mol. The number of H-pyrrole nitrogens is 1. The summed E-state index contributed by atoms with van der Waals surface area (Å²) in [6, 6.07) is -0.367. The molecule has 0 amide bonds. The van der Waals surface area contributed by atoms with Crippen LogP contribution in [0.3, 0.4) is 0 Å². The third-order valence-electron chi connectivity index (χ3n) is 4.56. The van der Waals surface area contributed by atoms with Gasteiger partial charge in [0.15, 0.2) is 14.6 Å². The van der Waals surface area contributed by atoms with Crippen LogP contribution in [0, 0.1) is 4.77 Å². The third-order valence-corrected chi connectivity index (χ3v) is 6.64. The van der Waals surface area contributed by atoms with Crippen molar-refractivity contribution in [2.75, 3.05) is 11.5 Å². The van der Waals surface area contributed by atoms with E-state index in [9.17, 15) is 18.3 Å². The normalized spacial score (nSPS) is 19.3. The molecule has 1 aromatic heterocycles. The first kappa shape index (κ1) is 20.8. The molecule has 9 heteroatoms. The second-order valence-corrected chi connectivity index (χ2v) is 9.37. The maximum absolute atomic E-state index is 12.1. The molecule has 0 unspecified atom stereocenters. The predicted octanol–water partition coefficient (Wildman–Crippen LogP) is 2.58. The highest BCUT2D eigenvalue weighted by atomic mass is 32.2. The summed E-state index contributed by atoms with van der Waals surface area (Å²) in [4.78, 5) is 18.8. The Morgan fingerprint density at radius 1 is 1.31 bits per heavy atom. The van der Waals surface area contributed by atoms with Crippen molar-refractivity contribution < 1.29 is 13.5 Å². The van der Waals surface area contributed by atoms with Gasteiger partial charge >= 0.3 is 0 Å². The molecule has 7 nitrogen and oxygen atoms in total. The van der Waals surface area contributed by atoms with E-state index in [0.717, 1.165) is 19.3 Å². The highest BCUT2D eigenvalue weighted by Crippen LogP contribution is 2.17. The summed E-state index contributed by atoms with van der Waals surface area (Å²) in [5.41, 5.74) is -0.495. The van der Waals surface area contributed by atoms with Crippen LogP contribution in [0.4, 0.5) is 0 Å². The number of rotatable bonds is 9. The highest BCUT2D eigenvalue weighted by molar-refractivity contribution is 7.91. The van der Waals surface area contributed by atoms with Crippen molar-refractivity contribution in [3.63, 3.8) is 0 Å². The molecule has 0 spiro atoms. The van der Waals surface area contributed by atoms with Gasteiger partial charge in [-0.25, -0.2) is 8.42 Å². The van der Waals surface area contributed by atoms with Gasteiger partial charge in [-0.3, -0.25) is 19.3 Å². The van der Waals surface area contributed by atoms with E-state index in [0.29, 0.717) is 13.0 Å². The summed E-state index contributed by atoms with van der Waals surface area (Å²) < 4.78 is 24.7. The SMILES string of the molecule is CCCCCCCCn1c(O)c(C=N[C@H]2CCS(=O)(=O)C2)c(=O)[nH]c1=S. The molecule has 1 fully saturated rings. The molecule has 2 heterocycles. The Kier molecular flexibility index (Phi) is 7.57. The van der Waals surface area contributed by atoms with Gasteiger partial charge in [-0.1, -0.05) is 39.0 Å². The molecular formula is C17H27N3O4S2. The fraction of sp³-hybridized carbons (Fsp3) is 0.706. The summed E-state index contributed by atoms with van der Waals surface area (Å²) >= 11 is 5.15. The summed E-state index contributed by atoms with van der Waals surface area (Å²) in [6.07, 6.45) is 8.34. The van der Waals surface area contributed by atoms with E-state index in [1.165, 1.54) is 30.0 Å². The fourth-order valence-electron chi connectivity index (χ4n) is 3.02. The third kappa shape index (κ3) is 5.77. The van der Waals surface area contributed by atoms with Crippen LogP contribution in [0.1, 0.15) is 57.4 Å². The molecule has 1 atom stereocenters. The van der Waals surface area contributed by atoms with E-state index in [1.807, 2.05) is 0 Å². The van der Waals surface area contributed by atoms with Gasteiger partial charge in [0.1, 0.15) is 5.56 Å². The van der Waals surface area contributed by atoms with Crippen molar-refractivity contribution in [3.8, 4) is 5.88 Å². The van der Waals surface area contributed by atoms with Crippen molar-refractivity contribution in [2.45, 2.75) is 64.5 Å².